The van der Waals surface area contributed by atoms with Crippen molar-refractivity contribution in [3.05, 3.63) is 77.1 Å². The average molecular weight is 298 g/mol. The number of aryl methyl sites for hydroxylation is 1. The Balaban J connectivity index is 1.90. The van der Waals surface area contributed by atoms with Gasteiger partial charge in [0.05, 0.1) is 10.7 Å². The number of nitrogens with zero attached hydrogens (tertiary/aromatic N) is 2. The second kappa shape index (κ2) is 6.02. The summed E-state index contributed by atoms with van der Waals surface area (Å²) in [6.45, 7) is 2.87. The highest BCUT2D eigenvalue weighted by Crippen LogP contribution is 2.28. The zero-order valence-electron chi connectivity index (χ0n) is 11.8. The van der Waals surface area contributed by atoms with E-state index in [2.05, 4.69) is 35.5 Å². The second-order valence-electron chi connectivity index (χ2n) is 4.87. The fourth-order valence-electron chi connectivity index (χ4n) is 2.29. The molecule has 0 amide bonds. The molecule has 0 saturated carbocycles. The van der Waals surface area contributed by atoms with Crippen molar-refractivity contribution in [2.24, 2.45) is 0 Å². The largest absolute Gasteiger partial charge is 0.379 e. The van der Waals surface area contributed by atoms with Crippen molar-refractivity contribution in [2.75, 3.05) is 5.32 Å². The van der Waals surface area contributed by atoms with Crippen LogP contribution in [0.1, 0.15) is 11.1 Å². The summed E-state index contributed by atoms with van der Waals surface area (Å²) in [5.41, 5.74) is 4.38. The van der Waals surface area contributed by atoms with Gasteiger partial charge in [0.2, 0.25) is 0 Å². The molecule has 4 heteroatoms. The summed E-state index contributed by atoms with van der Waals surface area (Å²) in [5, 5.41) is 8.40. The number of aromatic nitrogens is 2. The first kappa shape index (κ1) is 13.7. The molecule has 3 aromatic rings. The fraction of sp³-hybridized carbons (Fsp3) is 0.118. The molecule has 0 aliphatic carbocycles. The third kappa shape index (κ3) is 2.93. The molecule has 0 unspecified atom stereocenters. The summed E-state index contributed by atoms with van der Waals surface area (Å²) >= 11 is 6.33. The van der Waals surface area contributed by atoms with Gasteiger partial charge in [-0.1, -0.05) is 41.9 Å². The lowest BCUT2D eigenvalue weighted by Gasteiger charge is -2.14. The molecule has 3 rings (SSSR count). The smallest absolute Gasteiger partial charge is 0.106 e. The highest BCUT2D eigenvalue weighted by Gasteiger charge is 2.09. The maximum absolute atomic E-state index is 6.33. The van der Waals surface area contributed by atoms with E-state index in [4.69, 9.17) is 11.6 Å². The van der Waals surface area contributed by atoms with E-state index in [9.17, 15) is 0 Å². The quantitative estimate of drug-likeness (QED) is 0.771. The van der Waals surface area contributed by atoms with Gasteiger partial charge in [-0.3, -0.25) is 0 Å². The van der Waals surface area contributed by atoms with Gasteiger partial charge < -0.3 is 5.32 Å². The normalized spacial score (nSPS) is 10.6. The van der Waals surface area contributed by atoms with E-state index in [1.54, 1.807) is 10.9 Å². The Morgan fingerprint density at radius 1 is 1.10 bits per heavy atom. The molecule has 1 heterocycles. The van der Waals surface area contributed by atoms with Gasteiger partial charge in [0.15, 0.2) is 0 Å². The molecule has 0 fully saturated rings. The van der Waals surface area contributed by atoms with E-state index in [0.29, 0.717) is 5.02 Å². The van der Waals surface area contributed by atoms with E-state index >= 15 is 0 Å². The summed E-state index contributed by atoms with van der Waals surface area (Å²) in [5.74, 6) is 0. The van der Waals surface area contributed by atoms with Gasteiger partial charge in [0, 0.05) is 18.9 Å². The minimum Gasteiger partial charge on any atom is -0.379 e. The molecule has 3 nitrogen and oxygen atoms in total. The molecular weight excluding hydrogens is 282 g/mol. The predicted octanol–water partition coefficient (Wildman–Crippen LogP) is 4.45. The lowest BCUT2D eigenvalue weighted by Crippen LogP contribution is -2.06. The Kier molecular flexibility index (Phi) is 3.93. The molecule has 0 radical (unpaired) electrons. The molecule has 0 atom stereocenters. The van der Waals surface area contributed by atoms with Crippen LogP contribution in [0.25, 0.3) is 5.69 Å². The third-order valence-electron chi connectivity index (χ3n) is 3.45. The van der Waals surface area contributed by atoms with Crippen LogP contribution < -0.4 is 5.32 Å². The number of hydrogen-bond acceptors (Lipinski definition) is 2. The predicted molar refractivity (Wildman–Crippen MR) is 87.1 cm³/mol. The Morgan fingerprint density at radius 3 is 2.71 bits per heavy atom. The van der Waals surface area contributed by atoms with Crippen LogP contribution >= 0.6 is 11.6 Å². The number of nitrogens with one attached hydrogen (secondary N) is 1. The van der Waals surface area contributed by atoms with Gasteiger partial charge in [-0.15, -0.1) is 0 Å². The molecule has 0 bridgehead atoms. The lowest BCUT2D eigenvalue weighted by atomic mass is 10.1. The molecule has 21 heavy (non-hydrogen) atoms. The van der Waals surface area contributed by atoms with Crippen LogP contribution in [0, 0.1) is 6.92 Å². The summed E-state index contributed by atoms with van der Waals surface area (Å²) in [4.78, 5) is 0. The summed E-state index contributed by atoms with van der Waals surface area (Å²) in [7, 11) is 0. The van der Waals surface area contributed by atoms with Crippen molar-refractivity contribution in [1.29, 1.82) is 0 Å². The van der Waals surface area contributed by atoms with E-state index in [-0.39, 0.29) is 0 Å². The number of benzene rings is 2. The first-order chi connectivity index (χ1) is 10.3. The van der Waals surface area contributed by atoms with E-state index in [1.807, 2.05) is 36.5 Å². The Hall–Kier alpha value is -2.26. The van der Waals surface area contributed by atoms with Crippen LogP contribution in [0.4, 0.5) is 5.69 Å². The monoisotopic (exact) mass is 297 g/mol. The van der Waals surface area contributed by atoms with Crippen LogP contribution in [0.15, 0.2) is 60.9 Å². The van der Waals surface area contributed by atoms with Gasteiger partial charge >= 0.3 is 0 Å². The first-order valence-corrected chi connectivity index (χ1v) is 7.20. The average Bonchev–Trinajstić information content (AvgIpc) is 3.00. The molecule has 1 aromatic heterocycles. The van der Waals surface area contributed by atoms with Crippen LogP contribution in [-0.4, -0.2) is 9.78 Å². The molecule has 0 saturated heterocycles. The van der Waals surface area contributed by atoms with E-state index in [0.717, 1.165) is 17.9 Å². The van der Waals surface area contributed by atoms with Crippen molar-refractivity contribution in [3.8, 4) is 5.69 Å². The lowest BCUT2D eigenvalue weighted by molar-refractivity contribution is 0.879. The zero-order chi connectivity index (χ0) is 14.7. The van der Waals surface area contributed by atoms with Crippen LogP contribution in [-0.2, 0) is 6.54 Å². The van der Waals surface area contributed by atoms with Crippen molar-refractivity contribution >= 4 is 17.3 Å². The van der Waals surface area contributed by atoms with E-state index < -0.39 is 0 Å². The Bertz CT molecular complexity index is 736. The molecule has 106 valence electrons. The van der Waals surface area contributed by atoms with Crippen LogP contribution in [0.3, 0.4) is 0 Å². The van der Waals surface area contributed by atoms with Crippen LogP contribution in [0.5, 0.6) is 0 Å². The SMILES string of the molecule is Cc1ccccc1CNc1cccc(Cl)c1-n1cccn1. The molecule has 0 aliphatic rings. The number of anilines is 1. The Morgan fingerprint density at radius 2 is 1.95 bits per heavy atom. The Labute approximate surface area is 129 Å². The van der Waals surface area contributed by atoms with Crippen molar-refractivity contribution in [2.45, 2.75) is 13.5 Å². The van der Waals surface area contributed by atoms with Crippen molar-refractivity contribution in [1.82, 2.24) is 9.78 Å². The number of halogens is 1. The van der Waals surface area contributed by atoms with Gasteiger partial charge in [0.25, 0.3) is 0 Å². The minimum atomic E-state index is 0.675. The maximum atomic E-state index is 6.33. The molecule has 2 aromatic carbocycles. The highest BCUT2D eigenvalue weighted by molar-refractivity contribution is 6.33. The summed E-state index contributed by atoms with van der Waals surface area (Å²) < 4.78 is 1.78. The number of hydrogen-bond donors (Lipinski definition) is 1. The highest BCUT2D eigenvalue weighted by atomic mass is 35.5. The van der Waals surface area contributed by atoms with Crippen molar-refractivity contribution < 1.29 is 0 Å². The standard InChI is InChI=1S/C17H16ClN3/c1-13-6-2-3-7-14(13)12-19-16-9-4-8-15(18)17(16)21-11-5-10-20-21/h2-11,19H,12H2,1H3. The van der Waals surface area contributed by atoms with Gasteiger partial charge in [0.1, 0.15) is 5.69 Å². The molecular formula is C17H16ClN3. The second-order valence-corrected chi connectivity index (χ2v) is 5.27. The van der Waals surface area contributed by atoms with E-state index in [1.165, 1.54) is 11.1 Å². The summed E-state index contributed by atoms with van der Waals surface area (Å²) in [6, 6.07) is 16.1. The zero-order valence-corrected chi connectivity index (χ0v) is 12.5. The first-order valence-electron chi connectivity index (χ1n) is 6.82. The molecule has 0 spiro atoms. The number of rotatable bonds is 4. The van der Waals surface area contributed by atoms with Crippen molar-refractivity contribution in [3.63, 3.8) is 0 Å². The summed E-state index contributed by atoms with van der Waals surface area (Å²) in [6.07, 6.45) is 3.63. The molecule has 1 N–H and O–H groups in total. The maximum Gasteiger partial charge on any atom is 0.106 e. The van der Waals surface area contributed by atoms with Crippen LogP contribution in [0.2, 0.25) is 5.02 Å². The van der Waals surface area contributed by atoms with Gasteiger partial charge in [-0.2, -0.15) is 5.10 Å². The van der Waals surface area contributed by atoms with Gasteiger partial charge in [-0.05, 0) is 36.2 Å². The van der Waals surface area contributed by atoms with Gasteiger partial charge in [-0.25, -0.2) is 4.68 Å². The molecule has 0 aliphatic heterocycles. The number of para-hydroxylation sites is 1. The topological polar surface area (TPSA) is 29.9 Å². The third-order valence-corrected chi connectivity index (χ3v) is 3.76. The fourth-order valence-corrected chi connectivity index (χ4v) is 2.55. The minimum absolute atomic E-state index is 0.675.